The number of nitrogens with zero attached hydrogens (tertiary/aromatic N) is 6. The summed E-state index contributed by atoms with van der Waals surface area (Å²) in [5, 5.41) is 36.2. The Bertz CT molecular complexity index is 995. The third kappa shape index (κ3) is 3.89. The van der Waals surface area contributed by atoms with Crippen LogP contribution in [0.2, 0.25) is 0 Å². The number of amides is 1. The number of nitro groups is 3. The molecule has 0 unspecified atom stereocenters. The van der Waals surface area contributed by atoms with Crippen LogP contribution in [0.3, 0.4) is 0 Å². The fraction of sp³-hybridized carbons (Fsp3) is 0.154. The molecule has 1 N–H and O–H groups in total. The minimum atomic E-state index is -0.931. The van der Waals surface area contributed by atoms with Crippen molar-refractivity contribution in [2.75, 3.05) is 0 Å². The van der Waals surface area contributed by atoms with Crippen molar-refractivity contribution in [3.8, 4) is 0 Å². The van der Waals surface area contributed by atoms with Gasteiger partial charge >= 0.3 is 5.82 Å². The van der Waals surface area contributed by atoms with E-state index >= 15 is 0 Å². The zero-order chi connectivity index (χ0) is 20.3. The number of nitro benzene ring substituents is 2. The number of imidazole rings is 1. The summed E-state index contributed by atoms with van der Waals surface area (Å²) >= 11 is 0. The first-order valence-electron chi connectivity index (χ1n) is 7.06. The van der Waals surface area contributed by atoms with Crippen molar-refractivity contribution >= 4 is 29.3 Å². The second kappa shape index (κ2) is 7.34. The van der Waals surface area contributed by atoms with Gasteiger partial charge in [-0.25, -0.2) is 15.0 Å². The zero-order valence-electron chi connectivity index (χ0n) is 13.9. The number of hydrogen-bond donors (Lipinski definition) is 1. The molecular formula is C13H11N7O7. The number of non-ortho nitro benzene ring substituents is 1. The SMILES string of the molecule is Cc1c(C(=O)N/N=C\c2ncc([N+](=O)[O-])n2C)cc([N+](=O)[O-])cc1[N+](=O)[O-]. The lowest BCUT2D eigenvalue weighted by Crippen LogP contribution is -2.20. The minimum Gasteiger partial charge on any atom is -0.358 e. The molecule has 0 fully saturated rings. The summed E-state index contributed by atoms with van der Waals surface area (Å²) < 4.78 is 1.11. The Balaban J connectivity index is 2.29. The van der Waals surface area contributed by atoms with Crippen molar-refractivity contribution in [1.29, 1.82) is 0 Å². The van der Waals surface area contributed by atoms with E-state index in [1.807, 2.05) is 5.43 Å². The first-order valence-corrected chi connectivity index (χ1v) is 7.06. The topological polar surface area (TPSA) is 189 Å². The first-order chi connectivity index (χ1) is 12.6. The molecule has 0 radical (unpaired) electrons. The van der Waals surface area contributed by atoms with Crippen molar-refractivity contribution in [3.63, 3.8) is 0 Å². The average molecular weight is 377 g/mol. The molecule has 1 aromatic heterocycles. The highest BCUT2D eigenvalue weighted by Gasteiger charge is 2.24. The molecule has 1 heterocycles. The Kier molecular flexibility index (Phi) is 5.19. The highest BCUT2D eigenvalue weighted by atomic mass is 16.6. The summed E-state index contributed by atoms with van der Waals surface area (Å²) in [6, 6.07) is 1.64. The van der Waals surface area contributed by atoms with Crippen LogP contribution in [-0.4, -0.2) is 36.4 Å². The maximum atomic E-state index is 12.2. The van der Waals surface area contributed by atoms with E-state index in [9.17, 15) is 35.1 Å². The third-order valence-electron chi connectivity index (χ3n) is 3.55. The van der Waals surface area contributed by atoms with Crippen LogP contribution in [-0.2, 0) is 7.05 Å². The summed E-state index contributed by atoms with van der Waals surface area (Å²) in [5.41, 5.74) is 0.455. The molecular weight excluding hydrogens is 366 g/mol. The van der Waals surface area contributed by atoms with Crippen LogP contribution < -0.4 is 5.43 Å². The Morgan fingerprint density at radius 2 is 1.85 bits per heavy atom. The van der Waals surface area contributed by atoms with Crippen LogP contribution in [0.25, 0.3) is 0 Å². The highest BCUT2D eigenvalue weighted by Crippen LogP contribution is 2.27. The second-order valence-corrected chi connectivity index (χ2v) is 5.14. The van der Waals surface area contributed by atoms with E-state index in [1.165, 1.54) is 14.0 Å². The standard InChI is InChI=1S/C13H11N7O7/c1-7-9(3-8(18(22)23)4-10(7)19(24)25)13(21)16-15-5-11-14-6-12(17(11)2)20(26)27/h3-6H,1-2H3,(H,16,21)/b15-5-. The number of hydrazone groups is 1. The number of aromatic nitrogens is 2. The largest absolute Gasteiger partial charge is 0.358 e. The van der Waals surface area contributed by atoms with Gasteiger partial charge < -0.3 is 10.1 Å². The fourth-order valence-electron chi connectivity index (χ4n) is 2.13. The molecule has 0 aliphatic carbocycles. The molecule has 0 aliphatic heterocycles. The van der Waals surface area contributed by atoms with Gasteiger partial charge in [-0.1, -0.05) is 0 Å². The van der Waals surface area contributed by atoms with Crippen LogP contribution >= 0.6 is 0 Å². The molecule has 14 nitrogen and oxygen atoms in total. The van der Waals surface area contributed by atoms with Crippen molar-refractivity contribution in [1.82, 2.24) is 15.0 Å². The van der Waals surface area contributed by atoms with E-state index in [4.69, 9.17) is 0 Å². The van der Waals surface area contributed by atoms with Crippen LogP contribution in [0, 0.1) is 37.3 Å². The van der Waals surface area contributed by atoms with Crippen LogP contribution in [0.4, 0.5) is 17.2 Å². The molecule has 140 valence electrons. The van der Waals surface area contributed by atoms with Crippen molar-refractivity contribution in [3.05, 3.63) is 65.6 Å². The zero-order valence-corrected chi connectivity index (χ0v) is 13.9. The molecule has 0 bridgehead atoms. The number of rotatable bonds is 6. The Morgan fingerprint density at radius 3 is 2.37 bits per heavy atom. The van der Waals surface area contributed by atoms with Crippen molar-refractivity contribution < 1.29 is 19.6 Å². The molecule has 1 aromatic carbocycles. The molecule has 0 saturated heterocycles. The quantitative estimate of drug-likeness (QED) is 0.441. The van der Waals surface area contributed by atoms with E-state index in [1.54, 1.807) is 0 Å². The molecule has 1 amide bonds. The van der Waals surface area contributed by atoms with Crippen LogP contribution in [0.15, 0.2) is 23.4 Å². The molecule has 0 atom stereocenters. The minimum absolute atomic E-state index is 0.0590. The van der Waals surface area contributed by atoms with Crippen LogP contribution in [0.1, 0.15) is 21.7 Å². The molecule has 2 aromatic rings. The van der Waals surface area contributed by atoms with Gasteiger partial charge in [-0.3, -0.25) is 25.0 Å². The maximum Gasteiger partial charge on any atom is 0.342 e. The van der Waals surface area contributed by atoms with E-state index in [2.05, 4.69) is 10.1 Å². The fourth-order valence-corrected chi connectivity index (χ4v) is 2.13. The Hall–Kier alpha value is -4.23. The predicted octanol–water partition coefficient (Wildman–Crippen LogP) is 1.22. The van der Waals surface area contributed by atoms with Gasteiger partial charge in [0.2, 0.25) is 5.82 Å². The summed E-state index contributed by atoms with van der Waals surface area (Å²) in [6.45, 7) is 1.27. The summed E-state index contributed by atoms with van der Waals surface area (Å²) in [6.07, 6.45) is 2.02. The molecule has 0 saturated carbocycles. The van der Waals surface area contributed by atoms with Crippen LogP contribution in [0.5, 0.6) is 0 Å². The highest BCUT2D eigenvalue weighted by molar-refractivity contribution is 5.97. The lowest BCUT2D eigenvalue weighted by molar-refractivity contribution is -0.394. The van der Waals surface area contributed by atoms with Gasteiger partial charge in [0.1, 0.15) is 12.4 Å². The average Bonchev–Trinajstić information content (AvgIpc) is 2.95. The summed E-state index contributed by atoms with van der Waals surface area (Å²) in [4.78, 5) is 46.2. The summed E-state index contributed by atoms with van der Waals surface area (Å²) in [5.74, 6) is -1.17. The van der Waals surface area contributed by atoms with E-state index in [0.29, 0.717) is 0 Å². The molecule has 0 aliphatic rings. The van der Waals surface area contributed by atoms with Crippen molar-refractivity contribution in [2.45, 2.75) is 6.92 Å². The molecule has 2 rings (SSSR count). The number of carbonyl (C=O) groups is 1. The van der Waals surface area contributed by atoms with Gasteiger partial charge in [0.05, 0.1) is 28.5 Å². The smallest absolute Gasteiger partial charge is 0.342 e. The van der Waals surface area contributed by atoms with Crippen molar-refractivity contribution in [2.24, 2.45) is 12.1 Å². The summed E-state index contributed by atoms with van der Waals surface area (Å²) in [7, 11) is 1.36. The van der Waals surface area contributed by atoms with Gasteiger partial charge in [-0.15, -0.1) is 0 Å². The normalized spacial score (nSPS) is 10.7. The van der Waals surface area contributed by atoms with Gasteiger partial charge in [-0.2, -0.15) is 5.10 Å². The van der Waals surface area contributed by atoms with E-state index < -0.39 is 32.1 Å². The van der Waals surface area contributed by atoms with Gasteiger partial charge in [0.25, 0.3) is 17.3 Å². The first kappa shape index (κ1) is 19.1. The molecule has 14 heteroatoms. The molecule has 27 heavy (non-hydrogen) atoms. The van der Waals surface area contributed by atoms with Gasteiger partial charge in [0, 0.05) is 11.6 Å². The van der Waals surface area contributed by atoms with E-state index in [-0.39, 0.29) is 22.8 Å². The number of carbonyl (C=O) groups excluding carboxylic acids is 1. The Labute approximate surface area is 149 Å². The second-order valence-electron chi connectivity index (χ2n) is 5.14. The number of hydrogen-bond acceptors (Lipinski definition) is 9. The van der Waals surface area contributed by atoms with Gasteiger partial charge in [0.15, 0.2) is 0 Å². The predicted molar refractivity (Wildman–Crippen MR) is 89.4 cm³/mol. The monoisotopic (exact) mass is 377 g/mol. The van der Waals surface area contributed by atoms with Gasteiger partial charge in [-0.05, 0) is 11.8 Å². The lowest BCUT2D eigenvalue weighted by Gasteiger charge is -2.05. The van der Waals surface area contributed by atoms with E-state index in [0.717, 1.165) is 29.1 Å². The molecule has 0 spiro atoms. The number of benzene rings is 1. The number of nitrogens with one attached hydrogen (secondary N) is 1. The maximum absolute atomic E-state index is 12.2. The third-order valence-corrected chi connectivity index (χ3v) is 3.55. The Morgan fingerprint density at radius 1 is 1.19 bits per heavy atom. The lowest BCUT2D eigenvalue weighted by atomic mass is 10.1.